The summed E-state index contributed by atoms with van der Waals surface area (Å²) in [7, 11) is 3.18. The number of benzene rings is 2. The number of methoxy groups -OCH3 is 2. The van der Waals surface area contributed by atoms with Gasteiger partial charge in [0.05, 0.1) is 25.7 Å². The predicted octanol–water partition coefficient (Wildman–Crippen LogP) is 4.10. The van der Waals surface area contributed by atoms with Gasteiger partial charge in [-0.25, -0.2) is 0 Å². The van der Waals surface area contributed by atoms with Gasteiger partial charge >= 0.3 is 0 Å². The molecule has 1 aliphatic carbocycles. The predicted molar refractivity (Wildman–Crippen MR) is 119 cm³/mol. The summed E-state index contributed by atoms with van der Waals surface area (Å²) in [5, 5.41) is 14.6. The Balaban J connectivity index is 2.15. The number of carbonyl (C=O) groups excluding carboxylic acids is 2. The van der Waals surface area contributed by atoms with Crippen molar-refractivity contribution in [3.63, 3.8) is 0 Å². The average molecular weight is 424 g/mol. The lowest BCUT2D eigenvalue weighted by Crippen LogP contribution is -2.48. The highest BCUT2D eigenvalue weighted by atomic mass is 16.5. The molecular formula is C25H29NO5. The van der Waals surface area contributed by atoms with Gasteiger partial charge in [0.25, 0.3) is 0 Å². The van der Waals surface area contributed by atoms with Crippen LogP contribution >= 0.6 is 0 Å². The lowest BCUT2D eigenvalue weighted by molar-refractivity contribution is -0.131. The number of nitrogens with one attached hydrogen (secondary N) is 1. The second kappa shape index (κ2) is 8.94. The van der Waals surface area contributed by atoms with E-state index in [1.807, 2.05) is 36.4 Å². The first kappa shape index (κ1) is 22.6. The normalized spacial score (nSPS) is 23.3. The van der Waals surface area contributed by atoms with E-state index in [0.717, 1.165) is 17.0 Å². The molecule has 1 aliphatic rings. The van der Waals surface area contributed by atoms with Crippen LogP contribution in [0.5, 0.6) is 11.5 Å². The molecule has 0 aromatic heterocycles. The van der Waals surface area contributed by atoms with Crippen molar-refractivity contribution in [1.29, 1.82) is 0 Å². The summed E-state index contributed by atoms with van der Waals surface area (Å²) in [6, 6.07) is 14.6. The van der Waals surface area contributed by atoms with Gasteiger partial charge in [-0.2, -0.15) is 0 Å². The van der Waals surface area contributed by atoms with Gasteiger partial charge in [0.1, 0.15) is 17.3 Å². The third-order valence-corrected chi connectivity index (χ3v) is 5.85. The SMILES string of the molecule is COc1ccc(NC2=C(C(C)=O)[C@@H](c3ccc(OC)cc3)[C@H](C(C)=O)[C@](C)(O)C2)cc1. The van der Waals surface area contributed by atoms with E-state index in [1.54, 1.807) is 33.3 Å². The van der Waals surface area contributed by atoms with Gasteiger partial charge in [-0.3, -0.25) is 9.59 Å². The number of ether oxygens (including phenoxy) is 2. The Labute approximate surface area is 182 Å². The number of anilines is 1. The highest BCUT2D eigenvalue weighted by molar-refractivity contribution is 5.98. The van der Waals surface area contributed by atoms with Gasteiger partial charge in [-0.15, -0.1) is 0 Å². The fourth-order valence-corrected chi connectivity index (χ4v) is 4.51. The van der Waals surface area contributed by atoms with Crippen LogP contribution in [0.1, 0.15) is 38.7 Å². The van der Waals surface area contributed by atoms with Crippen LogP contribution in [0.15, 0.2) is 59.8 Å². The fraction of sp³-hybridized carbons (Fsp3) is 0.360. The minimum Gasteiger partial charge on any atom is -0.497 e. The molecule has 0 saturated heterocycles. The summed E-state index contributed by atoms with van der Waals surface area (Å²) in [5.74, 6) is -0.233. The Morgan fingerprint density at radius 2 is 1.48 bits per heavy atom. The van der Waals surface area contributed by atoms with Crippen molar-refractivity contribution in [1.82, 2.24) is 0 Å². The van der Waals surface area contributed by atoms with Gasteiger partial charge in [0.15, 0.2) is 5.78 Å². The highest BCUT2D eigenvalue weighted by Gasteiger charge is 2.49. The zero-order chi connectivity index (χ0) is 22.8. The van der Waals surface area contributed by atoms with E-state index in [-0.39, 0.29) is 18.0 Å². The number of hydrogen-bond donors (Lipinski definition) is 2. The molecule has 0 heterocycles. The van der Waals surface area contributed by atoms with Crippen molar-refractivity contribution in [2.24, 2.45) is 5.92 Å². The second-order valence-corrected chi connectivity index (χ2v) is 8.18. The largest absolute Gasteiger partial charge is 0.497 e. The van der Waals surface area contributed by atoms with E-state index in [9.17, 15) is 14.7 Å². The lowest BCUT2D eigenvalue weighted by Gasteiger charge is -2.43. The fourth-order valence-electron chi connectivity index (χ4n) is 4.51. The van der Waals surface area contributed by atoms with Crippen LogP contribution in [0, 0.1) is 5.92 Å². The average Bonchev–Trinajstić information content (AvgIpc) is 2.72. The van der Waals surface area contributed by atoms with Crippen LogP contribution in [-0.4, -0.2) is 36.5 Å². The maximum atomic E-state index is 12.9. The van der Waals surface area contributed by atoms with Crippen molar-refractivity contribution < 1.29 is 24.2 Å². The summed E-state index contributed by atoms with van der Waals surface area (Å²) in [6.07, 6.45) is 0.158. The third-order valence-electron chi connectivity index (χ3n) is 5.85. The Morgan fingerprint density at radius 3 is 1.94 bits per heavy atom. The number of ketones is 2. The van der Waals surface area contributed by atoms with Crippen LogP contribution in [0.3, 0.4) is 0 Å². The first-order valence-corrected chi connectivity index (χ1v) is 10.2. The van der Waals surface area contributed by atoms with Gasteiger partial charge < -0.3 is 19.9 Å². The minimum atomic E-state index is -1.33. The topological polar surface area (TPSA) is 84.9 Å². The molecule has 0 amide bonds. The summed E-state index contributed by atoms with van der Waals surface area (Å²) in [4.78, 5) is 25.5. The molecule has 0 fully saturated rings. The summed E-state index contributed by atoms with van der Waals surface area (Å²) >= 11 is 0. The number of Topliss-reactive ketones (excluding diaryl/α,β-unsaturated/α-hetero) is 2. The van der Waals surface area contributed by atoms with Crippen LogP contribution in [0.2, 0.25) is 0 Å². The van der Waals surface area contributed by atoms with E-state index < -0.39 is 17.4 Å². The van der Waals surface area contributed by atoms with Crippen molar-refractivity contribution in [2.75, 3.05) is 19.5 Å². The number of allylic oxidation sites excluding steroid dienone is 1. The third kappa shape index (κ3) is 4.64. The molecule has 0 aliphatic heterocycles. The molecule has 0 radical (unpaired) electrons. The maximum absolute atomic E-state index is 12.9. The first-order chi connectivity index (χ1) is 14.7. The lowest BCUT2D eigenvalue weighted by atomic mass is 9.64. The Hall–Kier alpha value is -3.12. The van der Waals surface area contributed by atoms with Crippen molar-refractivity contribution in [3.05, 3.63) is 65.4 Å². The molecule has 0 unspecified atom stereocenters. The Bertz CT molecular complexity index is 990. The molecule has 0 spiro atoms. The van der Waals surface area contributed by atoms with Crippen molar-refractivity contribution >= 4 is 17.3 Å². The molecule has 2 aromatic carbocycles. The summed E-state index contributed by atoms with van der Waals surface area (Å²) in [6.45, 7) is 4.62. The van der Waals surface area contributed by atoms with Crippen molar-refractivity contribution in [2.45, 2.75) is 38.7 Å². The number of hydrogen-bond acceptors (Lipinski definition) is 6. The van der Waals surface area contributed by atoms with E-state index in [4.69, 9.17) is 9.47 Å². The maximum Gasteiger partial charge on any atom is 0.158 e. The molecule has 2 aromatic rings. The number of aliphatic hydroxyl groups is 1. The summed E-state index contributed by atoms with van der Waals surface area (Å²) in [5.41, 5.74) is 1.33. The molecule has 3 rings (SSSR count). The Kier molecular flexibility index (Phi) is 6.51. The van der Waals surface area contributed by atoms with Gasteiger partial charge in [-0.1, -0.05) is 12.1 Å². The summed E-state index contributed by atoms with van der Waals surface area (Å²) < 4.78 is 10.5. The quantitative estimate of drug-likeness (QED) is 0.697. The molecular weight excluding hydrogens is 394 g/mol. The zero-order valence-electron chi connectivity index (χ0n) is 18.6. The Morgan fingerprint density at radius 1 is 0.968 bits per heavy atom. The number of carbonyl (C=O) groups is 2. The van der Waals surface area contributed by atoms with Crippen LogP contribution in [0.25, 0.3) is 0 Å². The molecule has 6 nitrogen and oxygen atoms in total. The minimum absolute atomic E-state index is 0.140. The van der Waals surface area contributed by atoms with E-state index in [0.29, 0.717) is 17.0 Å². The first-order valence-electron chi connectivity index (χ1n) is 10.2. The smallest absolute Gasteiger partial charge is 0.158 e. The van der Waals surface area contributed by atoms with E-state index >= 15 is 0 Å². The molecule has 3 atom stereocenters. The van der Waals surface area contributed by atoms with E-state index in [2.05, 4.69) is 5.32 Å². The molecule has 2 N–H and O–H groups in total. The monoisotopic (exact) mass is 423 g/mol. The van der Waals surface area contributed by atoms with Gasteiger partial charge in [-0.05, 0) is 62.7 Å². The second-order valence-electron chi connectivity index (χ2n) is 8.18. The standard InChI is InChI=1S/C25H29NO5/c1-15(27)22-21(26-18-8-12-20(31-5)13-9-18)14-25(3,29)24(16(2)28)23(22)17-6-10-19(30-4)11-7-17/h6-13,23-24,26,29H,14H2,1-5H3/t23-,24+,25-/m1/s1. The molecule has 0 saturated carbocycles. The van der Waals surface area contributed by atoms with Gasteiger partial charge in [0, 0.05) is 29.3 Å². The van der Waals surface area contributed by atoms with E-state index in [1.165, 1.54) is 13.8 Å². The zero-order valence-corrected chi connectivity index (χ0v) is 18.6. The van der Waals surface area contributed by atoms with Crippen LogP contribution < -0.4 is 14.8 Å². The highest BCUT2D eigenvalue weighted by Crippen LogP contribution is 2.48. The van der Waals surface area contributed by atoms with Crippen molar-refractivity contribution in [3.8, 4) is 11.5 Å². The molecule has 0 bridgehead atoms. The van der Waals surface area contributed by atoms with Crippen LogP contribution in [0.4, 0.5) is 5.69 Å². The molecule has 164 valence electrons. The molecule has 31 heavy (non-hydrogen) atoms. The number of rotatable bonds is 7. The van der Waals surface area contributed by atoms with Gasteiger partial charge in [0.2, 0.25) is 0 Å². The molecule has 6 heteroatoms. The van der Waals surface area contributed by atoms with Crippen LogP contribution in [-0.2, 0) is 9.59 Å².